The summed E-state index contributed by atoms with van der Waals surface area (Å²) in [4.78, 5) is 0. The van der Waals surface area contributed by atoms with Crippen LogP contribution in [0.2, 0.25) is 0 Å². The van der Waals surface area contributed by atoms with Crippen molar-refractivity contribution in [3.05, 3.63) is 102 Å². The maximum Gasteiger partial charge on any atom is 0.137 e. The van der Waals surface area contributed by atoms with Gasteiger partial charge in [0.25, 0.3) is 0 Å². The minimum absolute atomic E-state index is 1.39. The summed E-state index contributed by atoms with van der Waals surface area (Å²) >= 11 is 1.76. The molecular weight excluding hydrogens is 315 g/mol. The molecule has 3 aromatic carbocycles. The standard InChI is InChI=1S/C21H20PS/c1-23-18-17-22(19-11-5-2-6-12-19,20-13-7-3-8-14-20)21-15-9-4-10-16-21/h2-18H,1H3/q+1. The fourth-order valence-corrected chi connectivity index (χ4v) is 7.40. The molecule has 0 saturated carbocycles. The predicted molar refractivity (Wildman–Crippen MR) is 108 cm³/mol. The summed E-state index contributed by atoms with van der Waals surface area (Å²) in [5.41, 5.74) is 0. The van der Waals surface area contributed by atoms with Gasteiger partial charge in [0.15, 0.2) is 0 Å². The van der Waals surface area contributed by atoms with Crippen molar-refractivity contribution in [2.75, 3.05) is 6.26 Å². The summed E-state index contributed by atoms with van der Waals surface area (Å²) in [6.45, 7) is 0. The highest BCUT2D eigenvalue weighted by molar-refractivity contribution is 8.03. The van der Waals surface area contributed by atoms with Crippen LogP contribution in [0.3, 0.4) is 0 Å². The van der Waals surface area contributed by atoms with E-state index in [2.05, 4.69) is 108 Å². The second kappa shape index (κ2) is 7.64. The molecule has 0 nitrogen and oxygen atoms in total. The van der Waals surface area contributed by atoms with Crippen molar-refractivity contribution in [3.8, 4) is 0 Å². The van der Waals surface area contributed by atoms with Crippen LogP contribution in [0.15, 0.2) is 102 Å². The van der Waals surface area contributed by atoms with Gasteiger partial charge in [0.05, 0.1) is 5.82 Å². The minimum Gasteiger partial charge on any atom is -0.134 e. The lowest BCUT2D eigenvalue weighted by Crippen LogP contribution is -2.29. The minimum atomic E-state index is -1.77. The smallest absolute Gasteiger partial charge is 0.134 e. The summed E-state index contributed by atoms with van der Waals surface area (Å²) in [7, 11) is -1.77. The highest BCUT2D eigenvalue weighted by Gasteiger charge is 2.42. The number of rotatable bonds is 5. The van der Waals surface area contributed by atoms with E-state index in [1.54, 1.807) is 11.8 Å². The molecule has 3 aromatic rings. The summed E-state index contributed by atoms with van der Waals surface area (Å²) in [5, 5.41) is 6.41. The lowest BCUT2D eigenvalue weighted by molar-refractivity contribution is 1.72. The molecule has 0 bridgehead atoms. The number of hydrogen-bond acceptors (Lipinski definition) is 1. The maximum absolute atomic E-state index is 2.43. The third-order valence-electron chi connectivity index (χ3n) is 3.91. The van der Waals surface area contributed by atoms with Gasteiger partial charge in [0, 0.05) is 5.41 Å². The summed E-state index contributed by atoms with van der Waals surface area (Å²) in [5.74, 6) is 2.43. The molecule has 114 valence electrons. The number of thioether (sulfide) groups is 1. The van der Waals surface area contributed by atoms with Crippen molar-refractivity contribution < 1.29 is 0 Å². The highest BCUT2D eigenvalue weighted by atomic mass is 32.2. The van der Waals surface area contributed by atoms with Crippen LogP contribution in [0, 0.1) is 0 Å². The van der Waals surface area contributed by atoms with E-state index in [4.69, 9.17) is 0 Å². The summed E-state index contributed by atoms with van der Waals surface area (Å²) in [6.07, 6.45) is 2.12. The molecule has 0 amide bonds. The van der Waals surface area contributed by atoms with Crippen molar-refractivity contribution in [3.63, 3.8) is 0 Å². The highest BCUT2D eigenvalue weighted by Crippen LogP contribution is 2.57. The zero-order valence-corrected chi connectivity index (χ0v) is 14.9. The summed E-state index contributed by atoms with van der Waals surface area (Å²) < 4.78 is 0. The Kier molecular flexibility index (Phi) is 5.33. The van der Waals surface area contributed by atoms with Crippen molar-refractivity contribution in [1.29, 1.82) is 0 Å². The fraction of sp³-hybridized carbons (Fsp3) is 0.0476. The average molecular weight is 335 g/mol. The molecule has 0 spiro atoms. The topological polar surface area (TPSA) is 0 Å². The molecule has 3 rings (SSSR count). The van der Waals surface area contributed by atoms with Crippen molar-refractivity contribution in [2.45, 2.75) is 0 Å². The Labute approximate surface area is 143 Å². The number of benzene rings is 3. The molecule has 0 atom stereocenters. The first kappa shape index (κ1) is 16.1. The van der Waals surface area contributed by atoms with E-state index in [1.807, 2.05) is 0 Å². The van der Waals surface area contributed by atoms with Gasteiger partial charge < -0.3 is 0 Å². The van der Waals surface area contributed by atoms with Gasteiger partial charge in [-0.2, -0.15) is 0 Å². The molecule has 0 aliphatic carbocycles. The first-order valence-electron chi connectivity index (χ1n) is 7.64. The van der Waals surface area contributed by atoms with E-state index < -0.39 is 7.26 Å². The first-order valence-corrected chi connectivity index (χ1v) is 10.8. The molecule has 0 heterocycles. The van der Waals surface area contributed by atoms with E-state index in [9.17, 15) is 0 Å². The Morgan fingerprint density at radius 2 is 0.957 bits per heavy atom. The fourth-order valence-electron chi connectivity index (χ4n) is 2.85. The van der Waals surface area contributed by atoms with Crippen LogP contribution in [0.4, 0.5) is 0 Å². The SMILES string of the molecule is CSC=C[P+](c1ccccc1)(c1ccccc1)c1ccccc1. The average Bonchev–Trinajstić information content (AvgIpc) is 2.65. The van der Waals surface area contributed by atoms with Gasteiger partial charge in [0.2, 0.25) is 0 Å². The molecule has 23 heavy (non-hydrogen) atoms. The molecule has 0 aliphatic rings. The molecule has 0 unspecified atom stereocenters. The quantitative estimate of drug-likeness (QED) is 0.603. The van der Waals surface area contributed by atoms with Gasteiger partial charge in [-0.05, 0) is 42.7 Å². The Hall–Kier alpha value is -1.82. The lowest BCUT2D eigenvalue weighted by atomic mass is 10.4. The van der Waals surface area contributed by atoms with Crippen molar-refractivity contribution in [2.24, 2.45) is 0 Å². The normalized spacial score (nSPS) is 11.7. The molecule has 0 N–H and O–H groups in total. The molecule has 0 aromatic heterocycles. The largest absolute Gasteiger partial charge is 0.137 e. The van der Waals surface area contributed by atoms with Crippen LogP contribution in [-0.4, -0.2) is 6.26 Å². The van der Waals surface area contributed by atoms with E-state index >= 15 is 0 Å². The van der Waals surface area contributed by atoms with E-state index in [0.717, 1.165) is 0 Å². The van der Waals surface area contributed by atoms with E-state index in [1.165, 1.54) is 15.9 Å². The van der Waals surface area contributed by atoms with Crippen LogP contribution >= 0.6 is 19.0 Å². The molecule has 0 radical (unpaired) electrons. The van der Waals surface area contributed by atoms with Gasteiger partial charge >= 0.3 is 0 Å². The van der Waals surface area contributed by atoms with Crippen LogP contribution < -0.4 is 15.9 Å². The lowest BCUT2D eigenvalue weighted by Gasteiger charge is -2.23. The molecule has 0 saturated heterocycles. The third-order valence-corrected chi connectivity index (χ3v) is 8.46. The number of hydrogen-bond donors (Lipinski definition) is 0. The Morgan fingerprint density at radius 1 is 0.609 bits per heavy atom. The van der Waals surface area contributed by atoms with Crippen LogP contribution in [0.5, 0.6) is 0 Å². The molecule has 0 aliphatic heterocycles. The first-order chi connectivity index (χ1) is 11.4. The Bertz CT molecular complexity index is 655. The zero-order valence-electron chi connectivity index (χ0n) is 13.2. The Morgan fingerprint density at radius 3 is 1.26 bits per heavy atom. The monoisotopic (exact) mass is 335 g/mol. The second-order valence-corrected chi connectivity index (χ2v) is 9.29. The second-order valence-electron chi connectivity index (χ2n) is 5.25. The van der Waals surface area contributed by atoms with Crippen LogP contribution in [0.25, 0.3) is 0 Å². The van der Waals surface area contributed by atoms with E-state index in [-0.39, 0.29) is 0 Å². The van der Waals surface area contributed by atoms with Gasteiger partial charge in [-0.1, -0.05) is 54.6 Å². The van der Waals surface area contributed by atoms with Crippen LogP contribution in [0.1, 0.15) is 0 Å². The molecular formula is C21H20PS+. The van der Waals surface area contributed by atoms with E-state index in [0.29, 0.717) is 0 Å². The van der Waals surface area contributed by atoms with Crippen molar-refractivity contribution >= 4 is 34.9 Å². The predicted octanol–water partition coefficient (Wildman–Crippen LogP) is 4.81. The van der Waals surface area contributed by atoms with Gasteiger partial charge in [-0.3, -0.25) is 0 Å². The Balaban J connectivity index is 2.33. The van der Waals surface area contributed by atoms with Gasteiger partial charge in [-0.25, -0.2) is 0 Å². The summed E-state index contributed by atoms with van der Waals surface area (Å²) in [6, 6.07) is 32.7. The van der Waals surface area contributed by atoms with Crippen molar-refractivity contribution in [1.82, 2.24) is 0 Å². The molecule has 2 heteroatoms. The van der Waals surface area contributed by atoms with Gasteiger partial charge in [-0.15, -0.1) is 11.8 Å². The molecule has 0 fully saturated rings. The van der Waals surface area contributed by atoms with Gasteiger partial charge in [0.1, 0.15) is 23.2 Å². The third kappa shape index (κ3) is 3.27. The zero-order chi connectivity index (χ0) is 16.0. The van der Waals surface area contributed by atoms with Crippen LogP contribution in [-0.2, 0) is 0 Å². The maximum atomic E-state index is 2.43.